The molecule has 5 heteroatoms. The summed E-state index contributed by atoms with van der Waals surface area (Å²) in [4.78, 5) is 17.9. The van der Waals surface area contributed by atoms with Gasteiger partial charge in [-0.2, -0.15) is 0 Å². The number of amides is 1. The maximum atomic E-state index is 13.5. The number of aliphatic hydroxyl groups excluding tert-OH is 1. The highest BCUT2D eigenvalue weighted by Gasteiger charge is 2.34. The summed E-state index contributed by atoms with van der Waals surface area (Å²) in [5, 5.41) is 9.99. The summed E-state index contributed by atoms with van der Waals surface area (Å²) in [5.41, 5.74) is 3.58. The van der Waals surface area contributed by atoms with Crippen LogP contribution in [0.5, 0.6) is 5.75 Å². The van der Waals surface area contributed by atoms with E-state index in [4.69, 9.17) is 4.74 Å². The quantitative estimate of drug-likeness (QED) is 0.637. The Kier molecular flexibility index (Phi) is 7.48. The van der Waals surface area contributed by atoms with Gasteiger partial charge in [-0.3, -0.25) is 9.69 Å². The molecule has 2 aliphatic carbocycles. The molecule has 0 spiro atoms. The lowest BCUT2D eigenvalue weighted by Crippen LogP contribution is -2.46. The van der Waals surface area contributed by atoms with Gasteiger partial charge in [-0.25, -0.2) is 0 Å². The van der Waals surface area contributed by atoms with Crippen molar-refractivity contribution in [3.8, 4) is 5.75 Å². The van der Waals surface area contributed by atoms with Crippen molar-refractivity contribution in [2.75, 3.05) is 13.7 Å². The molecular weight excluding hydrogens is 400 g/mol. The van der Waals surface area contributed by atoms with E-state index in [1.165, 1.54) is 11.1 Å². The maximum absolute atomic E-state index is 13.5. The summed E-state index contributed by atoms with van der Waals surface area (Å²) in [5.74, 6) is 1.05. The molecular formula is C27H36N2O3. The maximum Gasteiger partial charge on any atom is 0.237 e. The number of carbonyl (C=O) groups excluding carboxylic acids is 1. The second kappa shape index (κ2) is 10.5. The van der Waals surface area contributed by atoms with Crippen molar-refractivity contribution in [2.24, 2.45) is 0 Å². The summed E-state index contributed by atoms with van der Waals surface area (Å²) < 4.78 is 5.40. The molecule has 0 aromatic heterocycles. The predicted molar refractivity (Wildman–Crippen MR) is 126 cm³/mol. The zero-order valence-electron chi connectivity index (χ0n) is 19.4. The number of hydrogen-bond donors (Lipinski definition) is 1. The van der Waals surface area contributed by atoms with Gasteiger partial charge in [-0.1, -0.05) is 42.0 Å². The van der Waals surface area contributed by atoms with Crippen LogP contribution >= 0.6 is 0 Å². The summed E-state index contributed by atoms with van der Waals surface area (Å²) in [6.45, 7) is 3.90. The molecule has 32 heavy (non-hydrogen) atoms. The van der Waals surface area contributed by atoms with Crippen molar-refractivity contribution < 1.29 is 14.6 Å². The molecule has 2 aliphatic rings. The molecule has 0 bridgehead atoms. The number of aryl methyl sites for hydroxylation is 1. The summed E-state index contributed by atoms with van der Waals surface area (Å²) in [7, 11) is 1.68. The van der Waals surface area contributed by atoms with Crippen molar-refractivity contribution in [3.05, 3.63) is 65.2 Å². The highest BCUT2D eigenvalue weighted by molar-refractivity contribution is 5.79. The van der Waals surface area contributed by atoms with Crippen LogP contribution in [0.2, 0.25) is 0 Å². The number of benzene rings is 2. The molecule has 0 atom stereocenters. The van der Waals surface area contributed by atoms with Crippen LogP contribution in [0.4, 0.5) is 0 Å². The van der Waals surface area contributed by atoms with Crippen molar-refractivity contribution in [1.29, 1.82) is 0 Å². The second-order valence-corrected chi connectivity index (χ2v) is 9.46. The normalized spacial score (nSPS) is 20.9. The number of carbonyl (C=O) groups is 1. The SMILES string of the molecule is COc1cccc(CN(CC(=O)N(Cc2ccc(C)cc2)C2CC2)C2CCC(O)CC2)c1. The molecule has 2 saturated carbocycles. The summed E-state index contributed by atoms with van der Waals surface area (Å²) in [6, 6.07) is 17.3. The number of aliphatic hydroxyl groups is 1. The first-order valence-electron chi connectivity index (χ1n) is 11.9. The Labute approximate surface area is 192 Å². The Morgan fingerprint density at radius 2 is 1.62 bits per heavy atom. The van der Waals surface area contributed by atoms with Gasteiger partial charge < -0.3 is 14.7 Å². The highest BCUT2D eigenvalue weighted by atomic mass is 16.5. The third-order valence-electron chi connectivity index (χ3n) is 6.82. The van der Waals surface area contributed by atoms with E-state index >= 15 is 0 Å². The molecule has 0 aliphatic heterocycles. The van der Waals surface area contributed by atoms with Gasteiger partial charge in [-0.05, 0) is 68.7 Å². The van der Waals surface area contributed by atoms with Gasteiger partial charge in [-0.15, -0.1) is 0 Å². The van der Waals surface area contributed by atoms with Gasteiger partial charge in [0.1, 0.15) is 5.75 Å². The molecule has 0 unspecified atom stereocenters. The van der Waals surface area contributed by atoms with Gasteiger partial charge in [0.15, 0.2) is 0 Å². The van der Waals surface area contributed by atoms with E-state index in [0.717, 1.165) is 49.8 Å². The fourth-order valence-electron chi connectivity index (χ4n) is 4.70. The molecule has 172 valence electrons. The fraction of sp³-hybridized carbons (Fsp3) is 0.519. The van der Waals surface area contributed by atoms with Gasteiger partial charge in [0, 0.05) is 25.2 Å². The second-order valence-electron chi connectivity index (χ2n) is 9.46. The van der Waals surface area contributed by atoms with E-state index in [1.807, 2.05) is 12.1 Å². The average molecular weight is 437 g/mol. The summed E-state index contributed by atoms with van der Waals surface area (Å²) >= 11 is 0. The minimum absolute atomic E-state index is 0.204. The van der Waals surface area contributed by atoms with Crippen LogP contribution in [0.1, 0.15) is 55.2 Å². The zero-order chi connectivity index (χ0) is 22.5. The molecule has 2 fully saturated rings. The van der Waals surface area contributed by atoms with Crippen molar-refractivity contribution in [1.82, 2.24) is 9.80 Å². The van der Waals surface area contributed by atoms with E-state index in [9.17, 15) is 9.90 Å². The topological polar surface area (TPSA) is 53.0 Å². The molecule has 4 rings (SSSR count). The summed E-state index contributed by atoms with van der Waals surface area (Å²) in [6.07, 6.45) is 5.48. The molecule has 1 N–H and O–H groups in total. The van der Waals surface area contributed by atoms with E-state index < -0.39 is 0 Å². The van der Waals surface area contributed by atoms with Crippen LogP contribution in [-0.2, 0) is 17.9 Å². The van der Waals surface area contributed by atoms with Crippen LogP contribution in [0.25, 0.3) is 0 Å². The first kappa shape index (κ1) is 22.8. The number of nitrogens with zero attached hydrogens (tertiary/aromatic N) is 2. The third-order valence-corrected chi connectivity index (χ3v) is 6.82. The van der Waals surface area contributed by atoms with Crippen LogP contribution in [-0.4, -0.2) is 52.7 Å². The van der Waals surface area contributed by atoms with Gasteiger partial charge >= 0.3 is 0 Å². The Hall–Kier alpha value is -2.37. The molecule has 2 aromatic rings. The number of rotatable bonds is 9. The van der Waals surface area contributed by atoms with Crippen LogP contribution in [0.15, 0.2) is 48.5 Å². The molecule has 5 nitrogen and oxygen atoms in total. The fourth-order valence-corrected chi connectivity index (χ4v) is 4.70. The third kappa shape index (κ3) is 6.11. The highest BCUT2D eigenvalue weighted by Crippen LogP contribution is 2.30. The average Bonchev–Trinajstić information content (AvgIpc) is 3.64. The van der Waals surface area contributed by atoms with E-state index in [0.29, 0.717) is 31.7 Å². The number of ether oxygens (including phenoxy) is 1. The monoisotopic (exact) mass is 436 g/mol. The standard InChI is InChI=1S/C27H36N2O3/c1-20-6-8-21(9-7-20)18-29(24-10-11-24)27(31)19-28(23-12-14-25(30)15-13-23)17-22-4-3-5-26(16-22)32-2/h3-9,16,23-25,30H,10-15,17-19H2,1-2H3. The van der Waals surface area contributed by atoms with Crippen molar-refractivity contribution in [3.63, 3.8) is 0 Å². The predicted octanol–water partition coefficient (Wildman–Crippen LogP) is 4.30. The lowest BCUT2D eigenvalue weighted by molar-refractivity contribution is -0.134. The van der Waals surface area contributed by atoms with Gasteiger partial charge in [0.25, 0.3) is 0 Å². The van der Waals surface area contributed by atoms with E-state index in [-0.39, 0.29) is 12.0 Å². The number of hydrogen-bond acceptors (Lipinski definition) is 4. The number of methoxy groups -OCH3 is 1. The molecule has 1 amide bonds. The zero-order valence-corrected chi connectivity index (χ0v) is 19.4. The van der Waals surface area contributed by atoms with Gasteiger partial charge in [0.05, 0.1) is 19.8 Å². The molecule has 0 heterocycles. The van der Waals surface area contributed by atoms with Gasteiger partial charge in [0.2, 0.25) is 5.91 Å². The Morgan fingerprint density at radius 1 is 0.938 bits per heavy atom. The van der Waals surface area contributed by atoms with Crippen LogP contribution in [0, 0.1) is 6.92 Å². The van der Waals surface area contributed by atoms with Crippen LogP contribution < -0.4 is 4.74 Å². The molecule has 0 saturated heterocycles. The minimum Gasteiger partial charge on any atom is -0.497 e. The Morgan fingerprint density at radius 3 is 2.28 bits per heavy atom. The Bertz CT molecular complexity index is 886. The van der Waals surface area contributed by atoms with Crippen LogP contribution in [0.3, 0.4) is 0 Å². The van der Waals surface area contributed by atoms with Crippen molar-refractivity contribution in [2.45, 2.75) is 76.7 Å². The lowest BCUT2D eigenvalue weighted by Gasteiger charge is -2.36. The largest absolute Gasteiger partial charge is 0.497 e. The van der Waals surface area contributed by atoms with Crippen molar-refractivity contribution >= 4 is 5.91 Å². The first-order chi connectivity index (χ1) is 15.5. The lowest BCUT2D eigenvalue weighted by atomic mass is 9.91. The smallest absolute Gasteiger partial charge is 0.237 e. The molecule has 2 aromatic carbocycles. The van der Waals surface area contributed by atoms with E-state index in [1.54, 1.807) is 7.11 Å². The molecule has 0 radical (unpaired) electrons. The Balaban J connectivity index is 1.48. The van der Waals surface area contributed by atoms with E-state index in [2.05, 4.69) is 53.1 Å². The first-order valence-corrected chi connectivity index (χ1v) is 11.9. The minimum atomic E-state index is -0.204.